The molecule has 31 heavy (non-hydrogen) atoms. The summed E-state index contributed by atoms with van der Waals surface area (Å²) in [4.78, 5) is 14.7. The van der Waals surface area contributed by atoms with Gasteiger partial charge in [0, 0.05) is 32.5 Å². The second-order valence-corrected chi connectivity index (χ2v) is 10.2. The summed E-state index contributed by atoms with van der Waals surface area (Å²) in [5.41, 5.74) is 1.50. The van der Waals surface area contributed by atoms with Gasteiger partial charge in [-0.05, 0) is 44.0 Å². The predicted molar refractivity (Wildman–Crippen MR) is 115 cm³/mol. The fourth-order valence-corrected chi connectivity index (χ4v) is 7.02. The average molecular weight is 447 g/mol. The number of hydrogen-bond donors (Lipinski definition) is 0. The van der Waals surface area contributed by atoms with E-state index < -0.39 is 21.6 Å². The van der Waals surface area contributed by atoms with Crippen LogP contribution in [0, 0.1) is 26.6 Å². The molecule has 0 N–H and O–H groups in total. The zero-order chi connectivity index (χ0) is 22.4. The van der Waals surface area contributed by atoms with E-state index in [1.807, 2.05) is 32.9 Å². The lowest BCUT2D eigenvalue weighted by atomic mass is 10.00. The van der Waals surface area contributed by atoms with Crippen LogP contribution in [0.4, 0.5) is 4.39 Å². The van der Waals surface area contributed by atoms with Crippen molar-refractivity contribution in [3.05, 3.63) is 64.5 Å². The highest BCUT2D eigenvalue weighted by atomic mass is 32.2. The molecule has 0 radical (unpaired) electrons. The van der Waals surface area contributed by atoms with Gasteiger partial charge in [0.25, 0.3) is 5.91 Å². The highest BCUT2D eigenvalue weighted by molar-refractivity contribution is 7.89. The Morgan fingerprint density at radius 2 is 1.65 bits per heavy atom. The highest BCUT2D eigenvalue weighted by Gasteiger charge is 2.51. The minimum absolute atomic E-state index is 0.0289. The fraction of sp³-hybridized carbons (Fsp3) is 0.435. The lowest BCUT2D eigenvalue weighted by Gasteiger charge is -2.43. The largest absolute Gasteiger partial charge is 0.358 e. The molecule has 0 bridgehead atoms. The van der Waals surface area contributed by atoms with E-state index in [-0.39, 0.29) is 18.0 Å². The maximum absolute atomic E-state index is 14.0. The molecule has 2 saturated heterocycles. The number of carbonyl (C=O) groups is 1. The van der Waals surface area contributed by atoms with Crippen LogP contribution in [-0.4, -0.2) is 55.5 Å². The molecule has 166 valence electrons. The number of hydrogen-bond acceptors (Lipinski definition) is 4. The van der Waals surface area contributed by atoms with Gasteiger partial charge in [0.2, 0.25) is 10.0 Å². The third kappa shape index (κ3) is 3.77. The van der Waals surface area contributed by atoms with Gasteiger partial charge < -0.3 is 9.64 Å². The third-order valence-electron chi connectivity index (χ3n) is 6.21. The fourth-order valence-electron chi connectivity index (χ4n) is 4.88. The summed E-state index contributed by atoms with van der Waals surface area (Å²) in [6.07, 6.45) is 0.687. The number of carbonyl (C=O) groups excluding carboxylic acids is 1. The van der Waals surface area contributed by atoms with Crippen molar-refractivity contribution in [2.24, 2.45) is 0 Å². The molecular weight excluding hydrogens is 419 g/mol. The molecule has 1 spiro atoms. The van der Waals surface area contributed by atoms with Gasteiger partial charge in [-0.2, -0.15) is 4.31 Å². The molecule has 2 aliphatic heterocycles. The number of benzene rings is 2. The minimum atomic E-state index is -3.78. The Kier molecular flexibility index (Phi) is 5.66. The monoisotopic (exact) mass is 446 g/mol. The average Bonchev–Trinajstić information content (AvgIpc) is 3.11. The Balaban J connectivity index is 1.58. The van der Waals surface area contributed by atoms with Crippen LogP contribution in [0.25, 0.3) is 0 Å². The topological polar surface area (TPSA) is 66.9 Å². The summed E-state index contributed by atoms with van der Waals surface area (Å²) in [7, 11) is -3.78. The molecule has 1 amide bonds. The summed E-state index contributed by atoms with van der Waals surface area (Å²) >= 11 is 0. The van der Waals surface area contributed by atoms with Gasteiger partial charge in [0.15, 0.2) is 0 Å². The predicted octanol–water partition coefficient (Wildman–Crippen LogP) is 3.40. The van der Waals surface area contributed by atoms with Crippen molar-refractivity contribution >= 4 is 15.9 Å². The second kappa shape index (κ2) is 8.00. The molecule has 0 saturated carbocycles. The normalized spacial score (nSPS) is 19.2. The molecule has 0 aromatic heterocycles. The summed E-state index contributed by atoms with van der Waals surface area (Å²) in [5.74, 6) is -0.940. The summed E-state index contributed by atoms with van der Waals surface area (Å²) in [5, 5.41) is 0. The van der Waals surface area contributed by atoms with Crippen LogP contribution in [0.3, 0.4) is 0 Å². The number of aryl methyl sites for hydroxylation is 3. The minimum Gasteiger partial charge on any atom is -0.358 e. The molecule has 4 rings (SSSR count). The van der Waals surface area contributed by atoms with Crippen LogP contribution >= 0.6 is 0 Å². The number of sulfonamides is 1. The second-order valence-electron chi connectivity index (χ2n) is 8.37. The summed E-state index contributed by atoms with van der Waals surface area (Å²) in [6, 6.07) is 9.65. The lowest BCUT2D eigenvalue weighted by molar-refractivity contribution is -0.0857. The maximum Gasteiger partial charge on any atom is 0.256 e. The first-order valence-electron chi connectivity index (χ1n) is 10.4. The zero-order valence-electron chi connectivity index (χ0n) is 18.0. The van der Waals surface area contributed by atoms with Crippen LogP contribution in [0.1, 0.15) is 39.9 Å². The maximum atomic E-state index is 14.0. The van der Waals surface area contributed by atoms with Gasteiger partial charge in [-0.1, -0.05) is 29.8 Å². The number of nitrogens with zero attached hydrogens (tertiary/aromatic N) is 2. The van der Waals surface area contributed by atoms with Crippen molar-refractivity contribution in [2.45, 2.75) is 44.2 Å². The van der Waals surface area contributed by atoms with Crippen LogP contribution in [0.5, 0.6) is 0 Å². The van der Waals surface area contributed by atoms with E-state index >= 15 is 0 Å². The summed E-state index contributed by atoms with van der Waals surface area (Å²) in [6.45, 7) is 6.74. The molecule has 2 fully saturated rings. The Morgan fingerprint density at radius 1 is 1.03 bits per heavy atom. The van der Waals surface area contributed by atoms with E-state index in [2.05, 4.69) is 0 Å². The molecule has 2 aromatic carbocycles. The van der Waals surface area contributed by atoms with Gasteiger partial charge in [-0.25, -0.2) is 12.8 Å². The van der Waals surface area contributed by atoms with Crippen molar-refractivity contribution in [3.63, 3.8) is 0 Å². The van der Waals surface area contributed by atoms with Crippen LogP contribution in [0.2, 0.25) is 0 Å². The van der Waals surface area contributed by atoms with E-state index in [1.54, 1.807) is 17.0 Å². The van der Waals surface area contributed by atoms with E-state index in [0.717, 1.165) is 5.56 Å². The lowest BCUT2D eigenvalue weighted by Crippen LogP contribution is -2.55. The smallest absolute Gasteiger partial charge is 0.256 e. The molecule has 0 atom stereocenters. The molecule has 0 aliphatic carbocycles. The van der Waals surface area contributed by atoms with Crippen LogP contribution in [-0.2, 0) is 14.8 Å². The highest BCUT2D eigenvalue weighted by Crippen LogP contribution is 2.40. The van der Waals surface area contributed by atoms with Crippen molar-refractivity contribution in [1.29, 1.82) is 0 Å². The summed E-state index contributed by atoms with van der Waals surface area (Å²) < 4.78 is 48.8. The first kappa shape index (κ1) is 21.9. The van der Waals surface area contributed by atoms with Crippen molar-refractivity contribution in [1.82, 2.24) is 9.21 Å². The van der Waals surface area contributed by atoms with E-state index in [1.165, 1.54) is 16.4 Å². The van der Waals surface area contributed by atoms with E-state index in [4.69, 9.17) is 4.74 Å². The number of piperidine rings is 1. The van der Waals surface area contributed by atoms with Gasteiger partial charge in [0.1, 0.15) is 11.5 Å². The molecule has 6 nitrogen and oxygen atoms in total. The van der Waals surface area contributed by atoms with Gasteiger partial charge in [0.05, 0.1) is 17.1 Å². The van der Waals surface area contributed by atoms with Gasteiger partial charge >= 0.3 is 0 Å². The van der Waals surface area contributed by atoms with Crippen LogP contribution in [0.15, 0.2) is 41.3 Å². The zero-order valence-corrected chi connectivity index (χ0v) is 18.8. The first-order valence-corrected chi connectivity index (χ1v) is 11.9. The Labute approximate surface area is 182 Å². The molecule has 2 aliphatic rings. The van der Waals surface area contributed by atoms with Gasteiger partial charge in [-0.15, -0.1) is 0 Å². The standard InChI is InChI=1S/C23H27FN2O4S/c1-16-14-17(2)21(18(3)15-16)31(28,29)26-12-13-30-23(26)8-10-25(11-9-23)22(27)19-6-4-5-7-20(19)24/h4-7,14-15H,8-13H2,1-3H3. The molecular formula is C23H27FN2O4S. The third-order valence-corrected chi connectivity index (χ3v) is 8.46. The van der Waals surface area contributed by atoms with Crippen molar-refractivity contribution in [2.75, 3.05) is 26.2 Å². The molecule has 2 heterocycles. The quantitative estimate of drug-likeness (QED) is 0.725. The van der Waals surface area contributed by atoms with Crippen LogP contribution < -0.4 is 0 Å². The number of halogens is 1. The SMILES string of the molecule is Cc1cc(C)c(S(=O)(=O)N2CCOC23CCN(C(=O)c2ccccc2F)CC3)c(C)c1. The van der Waals surface area contributed by atoms with Crippen molar-refractivity contribution < 1.29 is 22.3 Å². The number of ether oxygens (including phenoxy) is 1. The molecule has 8 heteroatoms. The Bertz CT molecular complexity index is 1100. The molecule has 0 unspecified atom stereocenters. The van der Waals surface area contributed by atoms with Crippen molar-refractivity contribution in [3.8, 4) is 0 Å². The van der Waals surface area contributed by atoms with E-state index in [0.29, 0.717) is 48.6 Å². The number of amides is 1. The van der Waals surface area contributed by atoms with E-state index in [9.17, 15) is 17.6 Å². The Morgan fingerprint density at radius 3 is 2.26 bits per heavy atom. The number of rotatable bonds is 3. The number of likely N-dealkylation sites (tertiary alicyclic amines) is 1. The van der Waals surface area contributed by atoms with Gasteiger partial charge in [-0.3, -0.25) is 4.79 Å². The Hall–Kier alpha value is -2.29. The molecule has 2 aromatic rings. The first-order chi connectivity index (χ1) is 14.7.